The number of nitrogens with two attached hydrogens (primary N) is 2. The number of primary sulfonamides is 1. The summed E-state index contributed by atoms with van der Waals surface area (Å²) in [7, 11) is -3.75. The molecule has 16 heavy (non-hydrogen) atoms. The van der Waals surface area contributed by atoms with Crippen molar-refractivity contribution in [2.24, 2.45) is 10.9 Å². The minimum absolute atomic E-state index is 0.0403. The molecule has 2 unspecified atom stereocenters. The zero-order valence-electron chi connectivity index (χ0n) is 8.41. The van der Waals surface area contributed by atoms with Crippen LogP contribution in [0.2, 0.25) is 0 Å². The van der Waals surface area contributed by atoms with Gasteiger partial charge in [-0.05, 0) is 25.1 Å². The quantitative estimate of drug-likeness (QED) is 0.551. The normalized spacial score (nSPS) is 16.0. The largest absolute Gasteiger partial charge is 0.390 e. The summed E-state index contributed by atoms with van der Waals surface area (Å²) < 4.78 is 21.9. The van der Waals surface area contributed by atoms with E-state index in [1.807, 2.05) is 0 Å². The number of thiophene rings is 1. The van der Waals surface area contributed by atoms with Gasteiger partial charge in [-0.1, -0.05) is 0 Å². The molecule has 1 rings (SSSR count). The van der Waals surface area contributed by atoms with Crippen molar-refractivity contribution in [3.8, 4) is 0 Å². The van der Waals surface area contributed by atoms with Crippen LogP contribution in [0.15, 0.2) is 16.3 Å². The van der Waals surface area contributed by atoms with Gasteiger partial charge in [0.25, 0.3) is 0 Å². The fraction of sp³-hybridized carbons (Fsp3) is 0.500. The predicted molar refractivity (Wildman–Crippen MR) is 60.3 cm³/mol. The highest BCUT2D eigenvalue weighted by molar-refractivity contribution is 7.91. The van der Waals surface area contributed by atoms with Crippen LogP contribution in [0.5, 0.6) is 0 Å². The maximum absolute atomic E-state index is 11.0. The molecule has 0 spiro atoms. The van der Waals surface area contributed by atoms with Crippen molar-refractivity contribution in [3.05, 3.63) is 17.0 Å². The molecule has 6 N–H and O–H groups in total. The molecule has 0 radical (unpaired) electrons. The summed E-state index contributed by atoms with van der Waals surface area (Å²) >= 11 is 0.838. The lowest BCUT2D eigenvalue weighted by Gasteiger charge is -2.15. The molecule has 0 saturated carbocycles. The number of hydrogen-bond acceptors (Lipinski definition) is 6. The molecule has 2 atom stereocenters. The van der Waals surface area contributed by atoms with Gasteiger partial charge < -0.3 is 15.9 Å². The third kappa shape index (κ3) is 3.24. The van der Waals surface area contributed by atoms with E-state index in [4.69, 9.17) is 10.9 Å². The Morgan fingerprint density at radius 3 is 2.44 bits per heavy atom. The van der Waals surface area contributed by atoms with Gasteiger partial charge in [0, 0.05) is 4.88 Å². The van der Waals surface area contributed by atoms with Gasteiger partial charge in [-0.15, -0.1) is 11.3 Å². The lowest BCUT2D eigenvalue weighted by molar-refractivity contribution is 0.0171. The Hall–Kier alpha value is -0.510. The average Bonchev–Trinajstić information content (AvgIpc) is 2.65. The molecule has 0 aliphatic heterocycles. The molecule has 1 aromatic heterocycles. The first-order chi connectivity index (χ1) is 7.36. The molecular formula is C8H14N2O4S2. The van der Waals surface area contributed by atoms with Gasteiger partial charge in [0.15, 0.2) is 0 Å². The minimum Gasteiger partial charge on any atom is -0.390 e. The molecule has 0 saturated heterocycles. The number of rotatable bonds is 5. The summed E-state index contributed by atoms with van der Waals surface area (Å²) in [4.78, 5) is 0.352. The Balaban J connectivity index is 2.86. The Morgan fingerprint density at radius 2 is 2.00 bits per heavy atom. The average molecular weight is 266 g/mol. The first kappa shape index (κ1) is 13.6. The molecular weight excluding hydrogens is 252 g/mol. The standard InChI is InChI=1S/C8H14N2O4S2/c9-4-3-5(11)8(12)6-1-2-7(15-6)16(10,13)14/h1-2,5,8,11-12H,3-4,9H2,(H2,10,13,14). The van der Waals surface area contributed by atoms with Crippen molar-refractivity contribution in [2.45, 2.75) is 22.8 Å². The lowest BCUT2D eigenvalue weighted by atomic mass is 10.1. The van der Waals surface area contributed by atoms with Crippen LogP contribution in [0.4, 0.5) is 0 Å². The fourth-order valence-corrected chi connectivity index (χ4v) is 2.96. The van der Waals surface area contributed by atoms with Crippen LogP contribution in [0, 0.1) is 0 Å². The minimum atomic E-state index is -3.75. The maximum Gasteiger partial charge on any atom is 0.247 e. The SMILES string of the molecule is NCCC(O)C(O)c1ccc(S(N)(=O)=O)s1. The first-order valence-electron chi connectivity index (χ1n) is 4.55. The molecule has 0 bridgehead atoms. The van der Waals surface area contributed by atoms with Gasteiger partial charge in [0.05, 0.1) is 6.10 Å². The molecule has 0 aromatic carbocycles. The number of sulfonamides is 1. The monoisotopic (exact) mass is 266 g/mol. The molecule has 1 heterocycles. The van der Waals surface area contributed by atoms with Crippen molar-refractivity contribution < 1.29 is 18.6 Å². The van der Waals surface area contributed by atoms with Crippen LogP contribution in [0.1, 0.15) is 17.4 Å². The summed E-state index contributed by atoms with van der Waals surface area (Å²) in [5.41, 5.74) is 5.24. The topological polar surface area (TPSA) is 127 Å². The van der Waals surface area contributed by atoms with Gasteiger partial charge in [0.2, 0.25) is 10.0 Å². The van der Waals surface area contributed by atoms with Gasteiger partial charge in [0.1, 0.15) is 10.3 Å². The van der Waals surface area contributed by atoms with Gasteiger partial charge >= 0.3 is 0 Å². The Kier molecular flexibility index (Phi) is 4.42. The Bertz CT molecular complexity index is 443. The van der Waals surface area contributed by atoms with Gasteiger partial charge in [-0.3, -0.25) is 0 Å². The van der Waals surface area contributed by atoms with E-state index >= 15 is 0 Å². The van der Waals surface area contributed by atoms with E-state index in [9.17, 15) is 18.6 Å². The second kappa shape index (κ2) is 5.21. The van der Waals surface area contributed by atoms with Crippen LogP contribution >= 0.6 is 11.3 Å². The molecule has 1 aromatic rings. The molecule has 0 amide bonds. The lowest BCUT2D eigenvalue weighted by Crippen LogP contribution is -2.21. The highest BCUT2D eigenvalue weighted by atomic mass is 32.2. The molecule has 0 aliphatic carbocycles. The van der Waals surface area contributed by atoms with Crippen LogP contribution in [-0.4, -0.2) is 31.3 Å². The van der Waals surface area contributed by atoms with Gasteiger partial charge in [-0.25, -0.2) is 13.6 Å². The van der Waals surface area contributed by atoms with Crippen molar-refractivity contribution in [3.63, 3.8) is 0 Å². The highest BCUT2D eigenvalue weighted by Crippen LogP contribution is 2.28. The van der Waals surface area contributed by atoms with E-state index in [1.165, 1.54) is 12.1 Å². The third-order valence-electron chi connectivity index (χ3n) is 2.00. The summed E-state index contributed by atoms with van der Waals surface area (Å²) in [6.07, 6.45) is -1.90. The fourth-order valence-electron chi connectivity index (χ4n) is 1.16. The second-order valence-corrected chi connectivity index (χ2v) is 6.19. The van der Waals surface area contributed by atoms with Crippen LogP contribution < -0.4 is 10.9 Å². The summed E-state index contributed by atoms with van der Waals surface area (Å²) in [5, 5.41) is 24.1. The smallest absolute Gasteiger partial charge is 0.247 e. The molecule has 0 fully saturated rings. The second-order valence-electron chi connectivity index (χ2n) is 3.29. The van der Waals surface area contributed by atoms with Crippen molar-refractivity contribution in [1.82, 2.24) is 0 Å². The van der Waals surface area contributed by atoms with E-state index in [0.717, 1.165) is 11.3 Å². The van der Waals surface area contributed by atoms with Gasteiger partial charge in [-0.2, -0.15) is 0 Å². The Labute approximate surface area is 97.6 Å². The zero-order valence-corrected chi connectivity index (χ0v) is 10.0. The van der Waals surface area contributed by atoms with Crippen LogP contribution in [0.3, 0.4) is 0 Å². The van der Waals surface area contributed by atoms with Crippen molar-refractivity contribution in [1.29, 1.82) is 0 Å². The molecule has 8 heteroatoms. The number of aliphatic hydroxyl groups is 2. The highest BCUT2D eigenvalue weighted by Gasteiger charge is 2.21. The number of aliphatic hydroxyl groups excluding tert-OH is 2. The van der Waals surface area contributed by atoms with Crippen molar-refractivity contribution in [2.75, 3.05) is 6.54 Å². The van der Waals surface area contributed by atoms with E-state index in [2.05, 4.69) is 0 Å². The summed E-state index contributed by atoms with van der Waals surface area (Å²) in [6, 6.07) is 2.72. The van der Waals surface area contributed by atoms with Crippen molar-refractivity contribution >= 4 is 21.4 Å². The van der Waals surface area contributed by atoms with E-state index in [-0.39, 0.29) is 17.2 Å². The van der Waals surface area contributed by atoms with E-state index < -0.39 is 22.2 Å². The van der Waals surface area contributed by atoms with Crippen LogP contribution in [0.25, 0.3) is 0 Å². The molecule has 6 nitrogen and oxygen atoms in total. The predicted octanol–water partition coefficient (Wildman–Crippen LogP) is -0.861. The molecule has 92 valence electrons. The first-order valence-corrected chi connectivity index (χ1v) is 6.91. The maximum atomic E-state index is 11.0. The van der Waals surface area contributed by atoms with Crippen LogP contribution in [-0.2, 0) is 10.0 Å². The van der Waals surface area contributed by atoms with E-state index in [0.29, 0.717) is 4.88 Å². The zero-order chi connectivity index (χ0) is 12.3. The summed E-state index contributed by atoms with van der Waals surface area (Å²) in [5.74, 6) is 0. The third-order valence-corrected chi connectivity index (χ3v) is 4.60. The molecule has 0 aliphatic rings. The summed E-state index contributed by atoms with van der Waals surface area (Å²) in [6.45, 7) is 0.242. The van der Waals surface area contributed by atoms with E-state index in [1.54, 1.807) is 0 Å². The Morgan fingerprint density at radius 1 is 1.38 bits per heavy atom. The number of hydrogen-bond donors (Lipinski definition) is 4.